The van der Waals surface area contributed by atoms with Crippen molar-refractivity contribution in [3.8, 4) is 5.75 Å². The molecule has 2 heterocycles. The average Bonchev–Trinajstić information content (AvgIpc) is 2.85. The smallest absolute Gasteiger partial charge is 0.243 e. The monoisotopic (exact) mass is 488 g/mol. The Morgan fingerprint density at radius 3 is 2.38 bits per heavy atom. The third kappa shape index (κ3) is 5.20. The Hall–Kier alpha value is -2.66. The van der Waals surface area contributed by atoms with Crippen molar-refractivity contribution in [3.05, 3.63) is 48.0 Å². The Balaban J connectivity index is 1.40. The van der Waals surface area contributed by atoms with E-state index in [0.717, 1.165) is 5.69 Å². The molecule has 0 unspecified atom stereocenters. The highest BCUT2D eigenvalue weighted by Gasteiger charge is 2.29. The number of hydrogen-bond acceptors (Lipinski definition) is 7. The van der Waals surface area contributed by atoms with Gasteiger partial charge in [-0.1, -0.05) is 18.2 Å². The zero-order valence-electron chi connectivity index (χ0n) is 19.6. The maximum absolute atomic E-state index is 13.1. The number of rotatable bonds is 6. The number of carbonyl (C=O) groups excluding carboxylic acids is 1. The van der Waals surface area contributed by atoms with Crippen molar-refractivity contribution in [2.24, 2.45) is 0 Å². The molecule has 2 aliphatic heterocycles. The molecule has 184 valence electrons. The highest BCUT2D eigenvalue weighted by molar-refractivity contribution is 7.89. The lowest BCUT2D eigenvalue weighted by Crippen LogP contribution is -2.52. The number of nitrogens with one attached hydrogen (secondary N) is 1. The summed E-state index contributed by atoms with van der Waals surface area (Å²) in [5, 5.41) is 13.0. The van der Waals surface area contributed by atoms with Crippen LogP contribution in [0.25, 0.3) is 0 Å². The van der Waals surface area contributed by atoms with Crippen LogP contribution in [0.2, 0.25) is 0 Å². The van der Waals surface area contributed by atoms with Crippen LogP contribution in [0.3, 0.4) is 0 Å². The van der Waals surface area contributed by atoms with Crippen molar-refractivity contribution in [2.45, 2.75) is 24.8 Å². The van der Waals surface area contributed by atoms with E-state index in [-0.39, 0.29) is 22.6 Å². The number of ether oxygens (including phenoxy) is 1. The topological polar surface area (TPSA) is 102 Å². The first kappa shape index (κ1) is 24.5. The number of piperazine rings is 1. The summed E-state index contributed by atoms with van der Waals surface area (Å²) in [4.78, 5) is 17.4. The largest absolute Gasteiger partial charge is 0.506 e. The third-order valence-corrected chi connectivity index (χ3v) is 8.55. The van der Waals surface area contributed by atoms with Crippen molar-refractivity contribution in [1.82, 2.24) is 9.21 Å². The molecule has 34 heavy (non-hydrogen) atoms. The molecule has 0 spiro atoms. The van der Waals surface area contributed by atoms with Gasteiger partial charge in [0.05, 0.1) is 29.8 Å². The molecule has 2 fully saturated rings. The van der Waals surface area contributed by atoms with E-state index in [1.165, 1.54) is 4.31 Å². The molecule has 0 radical (unpaired) electrons. The lowest BCUT2D eigenvalue weighted by atomic mass is 10.1. The maximum atomic E-state index is 13.1. The van der Waals surface area contributed by atoms with Crippen molar-refractivity contribution >= 4 is 27.3 Å². The standard InChI is InChI=1S/C24H32N4O5S/c1-18-7-8-20(17-23(18)34(31,32)28-13-15-33-16-14-28)25-24(30)19(2)26-9-11-27(12-10-26)21-5-3-4-6-22(21)29/h3-8,17,19,29H,9-16H2,1-2H3,(H,25,30)/t19-/m0/s1. The van der Waals surface area contributed by atoms with Crippen molar-refractivity contribution in [1.29, 1.82) is 0 Å². The number of phenolic OH excluding ortho intramolecular Hbond substituents is 1. The van der Waals surface area contributed by atoms with Crippen LogP contribution in [0.5, 0.6) is 5.75 Å². The highest BCUT2D eigenvalue weighted by Crippen LogP contribution is 2.28. The van der Waals surface area contributed by atoms with Crippen LogP contribution in [0.4, 0.5) is 11.4 Å². The highest BCUT2D eigenvalue weighted by atomic mass is 32.2. The van der Waals surface area contributed by atoms with Crippen LogP contribution in [-0.2, 0) is 19.6 Å². The number of carbonyl (C=O) groups is 1. The second kappa shape index (κ2) is 10.3. The van der Waals surface area contributed by atoms with Gasteiger partial charge in [0.1, 0.15) is 5.75 Å². The molecular weight excluding hydrogens is 456 g/mol. The van der Waals surface area contributed by atoms with E-state index < -0.39 is 10.0 Å². The molecular formula is C24H32N4O5S. The second-order valence-corrected chi connectivity index (χ2v) is 10.6. The number of phenols is 1. The number of nitrogens with zero attached hydrogens (tertiary/aromatic N) is 3. The van der Waals surface area contributed by atoms with Crippen LogP contribution >= 0.6 is 0 Å². The number of amides is 1. The van der Waals surface area contributed by atoms with Crippen LogP contribution in [-0.4, -0.2) is 87.2 Å². The van der Waals surface area contributed by atoms with E-state index in [2.05, 4.69) is 15.1 Å². The van der Waals surface area contributed by atoms with E-state index >= 15 is 0 Å². The van der Waals surface area contributed by atoms with Gasteiger partial charge in [0.2, 0.25) is 15.9 Å². The fourth-order valence-electron chi connectivity index (χ4n) is 4.38. The van der Waals surface area contributed by atoms with E-state index in [4.69, 9.17) is 4.74 Å². The summed E-state index contributed by atoms with van der Waals surface area (Å²) in [7, 11) is -3.66. The zero-order chi connectivity index (χ0) is 24.3. The third-order valence-electron chi connectivity index (χ3n) is 6.51. The van der Waals surface area contributed by atoms with Gasteiger partial charge in [0.25, 0.3) is 0 Å². The predicted octanol–water partition coefficient (Wildman–Crippen LogP) is 1.87. The van der Waals surface area contributed by atoms with Gasteiger partial charge in [-0.2, -0.15) is 4.31 Å². The molecule has 0 bridgehead atoms. The van der Waals surface area contributed by atoms with Crippen LogP contribution in [0, 0.1) is 6.92 Å². The van der Waals surface area contributed by atoms with Gasteiger partial charge in [0.15, 0.2) is 0 Å². The van der Waals surface area contributed by atoms with Gasteiger partial charge in [-0.25, -0.2) is 8.42 Å². The molecule has 2 aromatic carbocycles. The fourth-order valence-corrected chi connectivity index (χ4v) is 6.03. The van der Waals surface area contributed by atoms with E-state index in [1.54, 1.807) is 37.3 Å². The Morgan fingerprint density at radius 1 is 1.03 bits per heavy atom. The number of para-hydroxylation sites is 2. The maximum Gasteiger partial charge on any atom is 0.243 e. The lowest BCUT2D eigenvalue weighted by Gasteiger charge is -2.38. The zero-order valence-corrected chi connectivity index (χ0v) is 20.4. The van der Waals surface area contributed by atoms with Gasteiger partial charge in [-0.3, -0.25) is 9.69 Å². The van der Waals surface area contributed by atoms with E-state index in [9.17, 15) is 18.3 Å². The molecule has 0 aromatic heterocycles. The summed E-state index contributed by atoms with van der Waals surface area (Å²) in [6.45, 7) is 7.75. The molecule has 9 nitrogen and oxygen atoms in total. The molecule has 2 saturated heterocycles. The minimum atomic E-state index is -3.66. The van der Waals surface area contributed by atoms with Gasteiger partial charge >= 0.3 is 0 Å². The van der Waals surface area contributed by atoms with Crippen molar-refractivity contribution in [2.75, 3.05) is 62.7 Å². The predicted molar refractivity (Wildman–Crippen MR) is 131 cm³/mol. The second-order valence-electron chi connectivity index (χ2n) is 8.67. The first-order valence-corrected chi connectivity index (χ1v) is 13.0. The van der Waals surface area contributed by atoms with Crippen LogP contribution < -0.4 is 10.2 Å². The molecule has 4 rings (SSSR count). The number of morpholine rings is 1. The summed E-state index contributed by atoms with van der Waals surface area (Å²) >= 11 is 0. The van der Waals surface area contributed by atoms with Gasteiger partial charge < -0.3 is 20.1 Å². The summed E-state index contributed by atoms with van der Waals surface area (Å²) < 4.78 is 33.0. The first-order valence-electron chi connectivity index (χ1n) is 11.5. The Bertz CT molecular complexity index is 1130. The number of sulfonamides is 1. The molecule has 0 saturated carbocycles. The van der Waals surface area contributed by atoms with Crippen molar-refractivity contribution in [3.63, 3.8) is 0 Å². The summed E-state index contributed by atoms with van der Waals surface area (Å²) in [5.41, 5.74) is 1.90. The minimum Gasteiger partial charge on any atom is -0.506 e. The number of aromatic hydroxyl groups is 1. The number of anilines is 2. The van der Waals surface area contributed by atoms with E-state index in [1.807, 2.05) is 19.1 Å². The molecule has 1 amide bonds. The summed E-state index contributed by atoms with van der Waals surface area (Å²) in [6, 6.07) is 11.9. The van der Waals surface area contributed by atoms with Crippen LogP contribution in [0.1, 0.15) is 12.5 Å². The molecule has 2 N–H and O–H groups in total. The van der Waals surface area contributed by atoms with Gasteiger partial charge in [0, 0.05) is 45.0 Å². The van der Waals surface area contributed by atoms with Gasteiger partial charge in [-0.15, -0.1) is 0 Å². The van der Waals surface area contributed by atoms with E-state index in [0.29, 0.717) is 63.7 Å². The molecule has 2 aromatic rings. The summed E-state index contributed by atoms with van der Waals surface area (Å²) in [5.74, 6) is 0.0681. The van der Waals surface area contributed by atoms with Crippen LogP contribution in [0.15, 0.2) is 47.4 Å². The average molecular weight is 489 g/mol. The molecule has 2 aliphatic rings. The SMILES string of the molecule is Cc1ccc(NC(=O)[C@H](C)N2CCN(c3ccccc3O)CC2)cc1S(=O)(=O)N1CCOCC1. The molecule has 0 aliphatic carbocycles. The fraction of sp³-hybridized carbons (Fsp3) is 0.458. The number of hydrogen-bond donors (Lipinski definition) is 2. The lowest BCUT2D eigenvalue weighted by molar-refractivity contribution is -0.120. The Labute approximate surface area is 201 Å². The number of aryl methyl sites for hydroxylation is 1. The normalized spacial score (nSPS) is 19.1. The number of benzene rings is 2. The molecule has 1 atom stereocenters. The Kier molecular flexibility index (Phi) is 7.42. The first-order chi connectivity index (χ1) is 16.3. The van der Waals surface area contributed by atoms with Crippen molar-refractivity contribution < 1.29 is 23.1 Å². The quantitative estimate of drug-likeness (QED) is 0.640. The Morgan fingerprint density at radius 2 is 1.71 bits per heavy atom. The van der Waals surface area contributed by atoms with Gasteiger partial charge in [-0.05, 0) is 43.7 Å². The summed E-state index contributed by atoms with van der Waals surface area (Å²) in [6.07, 6.45) is 0. The molecule has 10 heteroatoms. The minimum absolute atomic E-state index is 0.186.